The van der Waals surface area contributed by atoms with Crippen LogP contribution in [0.3, 0.4) is 0 Å². The van der Waals surface area contributed by atoms with Crippen LogP contribution in [0, 0.1) is 23.7 Å². The molecular formula is C81H158O17P2. The number of rotatable bonds is 78. The number of esters is 4. The summed E-state index contributed by atoms with van der Waals surface area (Å²) in [6.07, 6.45) is 56.8. The van der Waals surface area contributed by atoms with Crippen LogP contribution >= 0.6 is 15.6 Å². The van der Waals surface area contributed by atoms with Gasteiger partial charge in [0.15, 0.2) is 12.2 Å². The highest BCUT2D eigenvalue weighted by molar-refractivity contribution is 7.47. The number of hydrogen-bond donors (Lipinski definition) is 3. The molecule has 0 bridgehead atoms. The number of carbonyl (C=O) groups is 4. The van der Waals surface area contributed by atoms with Crippen LogP contribution in [-0.2, 0) is 65.4 Å². The fourth-order valence-electron chi connectivity index (χ4n) is 12.4. The summed E-state index contributed by atoms with van der Waals surface area (Å²) in [6.45, 7) is 14.3. The van der Waals surface area contributed by atoms with Crippen molar-refractivity contribution in [1.82, 2.24) is 0 Å². The molecule has 0 amide bonds. The quantitative estimate of drug-likeness (QED) is 0.0222. The molecule has 0 aliphatic heterocycles. The molecule has 0 fully saturated rings. The van der Waals surface area contributed by atoms with Crippen molar-refractivity contribution in [3.63, 3.8) is 0 Å². The van der Waals surface area contributed by atoms with Gasteiger partial charge in [-0.1, -0.05) is 364 Å². The van der Waals surface area contributed by atoms with Gasteiger partial charge in [0.2, 0.25) is 0 Å². The molecule has 100 heavy (non-hydrogen) atoms. The van der Waals surface area contributed by atoms with Crippen molar-refractivity contribution in [3.05, 3.63) is 0 Å². The van der Waals surface area contributed by atoms with E-state index in [2.05, 4.69) is 55.4 Å². The molecule has 0 aromatic carbocycles. The lowest BCUT2D eigenvalue weighted by Gasteiger charge is -2.21. The molecule has 0 radical (unpaired) electrons. The summed E-state index contributed by atoms with van der Waals surface area (Å²) in [6, 6.07) is 0. The van der Waals surface area contributed by atoms with Crippen LogP contribution < -0.4 is 0 Å². The lowest BCUT2D eigenvalue weighted by molar-refractivity contribution is -0.161. The zero-order valence-corrected chi connectivity index (χ0v) is 67.6. The van der Waals surface area contributed by atoms with Crippen molar-refractivity contribution in [2.24, 2.45) is 23.7 Å². The van der Waals surface area contributed by atoms with Crippen LogP contribution in [0.1, 0.15) is 415 Å². The number of phosphoric ester groups is 2. The molecule has 4 unspecified atom stereocenters. The molecule has 0 rings (SSSR count). The highest BCUT2D eigenvalue weighted by atomic mass is 31.2. The molecule has 19 heteroatoms. The normalized spacial score (nSPS) is 14.3. The molecule has 0 aliphatic carbocycles. The maximum atomic E-state index is 13.1. The maximum Gasteiger partial charge on any atom is 0.472 e. The van der Waals surface area contributed by atoms with Gasteiger partial charge in [0.1, 0.15) is 19.3 Å². The van der Waals surface area contributed by atoms with Gasteiger partial charge in [-0.2, -0.15) is 0 Å². The summed E-state index contributed by atoms with van der Waals surface area (Å²) in [4.78, 5) is 73.0. The molecule has 3 N–H and O–H groups in total. The fraction of sp³-hybridized carbons (Fsp3) is 0.951. The number of aliphatic hydroxyl groups is 1. The van der Waals surface area contributed by atoms with Gasteiger partial charge < -0.3 is 33.8 Å². The summed E-state index contributed by atoms with van der Waals surface area (Å²) in [5.74, 6) is 1.02. The van der Waals surface area contributed by atoms with E-state index in [1.54, 1.807) is 0 Å². The number of aliphatic hydroxyl groups excluding tert-OH is 1. The Labute approximate surface area is 613 Å². The zero-order chi connectivity index (χ0) is 73.8. The van der Waals surface area contributed by atoms with Crippen LogP contribution in [0.5, 0.6) is 0 Å². The first-order chi connectivity index (χ1) is 48.1. The van der Waals surface area contributed by atoms with Crippen molar-refractivity contribution in [2.45, 2.75) is 433 Å². The van der Waals surface area contributed by atoms with E-state index in [4.69, 9.17) is 37.0 Å². The summed E-state index contributed by atoms with van der Waals surface area (Å²) < 4.78 is 68.7. The van der Waals surface area contributed by atoms with Crippen LogP contribution in [0.15, 0.2) is 0 Å². The third kappa shape index (κ3) is 73.0. The average Bonchev–Trinajstić information content (AvgIpc) is 0.923. The molecule has 0 spiro atoms. The molecular weight excluding hydrogens is 1310 g/mol. The van der Waals surface area contributed by atoms with E-state index in [1.165, 1.54) is 218 Å². The topological polar surface area (TPSA) is 237 Å². The molecule has 594 valence electrons. The molecule has 0 saturated heterocycles. The van der Waals surface area contributed by atoms with Crippen LogP contribution in [-0.4, -0.2) is 96.7 Å². The molecule has 0 aromatic rings. The lowest BCUT2D eigenvalue weighted by atomic mass is 9.99. The standard InChI is InChI=1S/C81H158O17P2/c1-9-74(8)60-52-44-36-27-20-16-13-14-18-22-29-39-47-55-63-80(85)97-76(67-91-78(83)61-53-45-37-28-21-17-12-10-11-15-19-25-33-41-49-57-71(2)3)69-95-99(87,88)93-65-75(82)66-94-100(89,90)96-70-77(68-92-79(84)62-54-46-38-32-31-35-43-51-59-73(6)7)98-81(86)64-56-48-40-30-24-23-26-34-42-50-58-72(4)5/h71-77,82H,9-70H2,1-8H3,(H,87,88)(H,89,90)/t74?,75?,76-,77-/m1/s1. The van der Waals surface area contributed by atoms with Crippen molar-refractivity contribution >= 4 is 39.5 Å². The van der Waals surface area contributed by atoms with Gasteiger partial charge in [-0.3, -0.25) is 37.3 Å². The summed E-state index contributed by atoms with van der Waals surface area (Å²) in [5.41, 5.74) is 0. The number of carbonyl (C=O) groups excluding carboxylic acids is 4. The molecule has 0 heterocycles. The first-order valence-corrected chi connectivity index (χ1v) is 44.7. The Morgan fingerprint density at radius 1 is 0.280 bits per heavy atom. The van der Waals surface area contributed by atoms with Gasteiger partial charge in [0.05, 0.1) is 26.4 Å². The van der Waals surface area contributed by atoms with E-state index in [-0.39, 0.29) is 25.7 Å². The summed E-state index contributed by atoms with van der Waals surface area (Å²) >= 11 is 0. The second-order valence-corrected chi connectivity index (χ2v) is 33.7. The summed E-state index contributed by atoms with van der Waals surface area (Å²) in [7, 11) is -9.92. The van der Waals surface area contributed by atoms with Gasteiger partial charge in [0, 0.05) is 25.7 Å². The Balaban J connectivity index is 5.25. The number of phosphoric acid groups is 2. The monoisotopic (exact) mass is 1470 g/mol. The number of unbranched alkanes of at least 4 members (excludes halogenated alkanes) is 43. The zero-order valence-electron chi connectivity index (χ0n) is 65.8. The Kier molecular flexibility index (Phi) is 68.7. The third-order valence-corrected chi connectivity index (χ3v) is 21.1. The van der Waals surface area contributed by atoms with Crippen molar-refractivity contribution in [2.75, 3.05) is 39.6 Å². The van der Waals surface area contributed by atoms with Crippen LogP contribution in [0.2, 0.25) is 0 Å². The first-order valence-electron chi connectivity index (χ1n) is 41.7. The van der Waals surface area contributed by atoms with Gasteiger partial charge in [0.25, 0.3) is 0 Å². The fourth-order valence-corrected chi connectivity index (χ4v) is 14.0. The minimum atomic E-state index is -4.96. The maximum absolute atomic E-state index is 13.1. The Morgan fingerprint density at radius 2 is 0.480 bits per heavy atom. The Morgan fingerprint density at radius 3 is 0.710 bits per heavy atom. The molecule has 0 aromatic heterocycles. The minimum absolute atomic E-state index is 0.105. The highest BCUT2D eigenvalue weighted by Gasteiger charge is 2.30. The second kappa shape index (κ2) is 70.1. The predicted octanol–water partition coefficient (Wildman–Crippen LogP) is 24.0. The largest absolute Gasteiger partial charge is 0.472 e. The second-order valence-electron chi connectivity index (χ2n) is 30.8. The van der Waals surface area contributed by atoms with Gasteiger partial charge in [-0.05, 0) is 49.4 Å². The average molecular weight is 1470 g/mol. The van der Waals surface area contributed by atoms with E-state index in [1.807, 2.05) is 0 Å². The number of ether oxygens (including phenoxy) is 4. The lowest BCUT2D eigenvalue weighted by Crippen LogP contribution is -2.30. The van der Waals surface area contributed by atoms with Crippen molar-refractivity contribution < 1.29 is 80.2 Å². The SMILES string of the molecule is CCC(C)CCCCCCCCCCCCCCCCC(=O)O[C@H](COC(=O)CCCCCCCCCCCCCCCCCC(C)C)COP(=O)(O)OCC(O)COP(=O)(O)OC[C@@H](COC(=O)CCCCCCCCCCC(C)C)OC(=O)CCCCCCCCCCCCC(C)C. The molecule has 17 nitrogen and oxygen atoms in total. The van der Waals surface area contributed by atoms with Crippen molar-refractivity contribution in [3.8, 4) is 0 Å². The predicted molar refractivity (Wildman–Crippen MR) is 409 cm³/mol. The van der Waals surface area contributed by atoms with E-state index >= 15 is 0 Å². The minimum Gasteiger partial charge on any atom is -0.462 e. The van der Waals surface area contributed by atoms with Crippen LogP contribution in [0.4, 0.5) is 0 Å². The number of hydrogen-bond acceptors (Lipinski definition) is 15. The van der Waals surface area contributed by atoms with E-state index in [0.717, 1.165) is 114 Å². The smallest absolute Gasteiger partial charge is 0.462 e. The summed E-state index contributed by atoms with van der Waals surface area (Å²) in [5, 5.41) is 10.6. The molecule has 0 aliphatic rings. The molecule has 6 atom stereocenters. The van der Waals surface area contributed by atoms with E-state index in [9.17, 15) is 43.2 Å². The van der Waals surface area contributed by atoms with Crippen molar-refractivity contribution in [1.29, 1.82) is 0 Å². The Hall–Kier alpha value is -1.94. The van der Waals surface area contributed by atoms with Gasteiger partial charge in [-0.15, -0.1) is 0 Å². The van der Waals surface area contributed by atoms with Gasteiger partial charge in [-0.25, -0.2) is 9.13 Å². The molecule has 0 saturated carbocycles. The van der Waals surface area contributed by atoms with E-state index < -0.39 is 97.5 Å². The van der Waals surface area contributed by atoms with Crippen LogP contribution in [0.25, 0.3) is 0 Å². The van der Waals surface area contributed by atoms with E-state index in [0.29, 0.717) is 25.7 Å². The first kappa shape index (κ1) is 98.1. The highest BCUT2D eigenvalue weighted by Crippen LogP contribution is 2.45. The third-order valence-electron chi connectivity index (χ3n) is 19.2. The van der Waals surface area contributed by atoms with Gasteiger partial charge >= 0.3 is 39.5 Å². The Bertz CT molecular complexity index is 1960.